The van der Waals surface area contributed by atoms with Crippen LogP contribution in [0, 0.1) is 0 Å². The molecule has 1 rings (SSSR count). The lowest BCUT2D eigenvalue weighted by Crippen LogP contribution is -2.32. The minimum Gasteiger partial charge on any atom is -0.354 e. The second-order valence-corrected chi connectivity index (χ2v) is 6.10. The zero-order valence-corrected chi connectivity index (χ0v) is 14.9. The maximum absolute atomic E-state index is 12.1. The summed E-state index contributed by atoms with van der Waals surface area (Å²) in [5.74, 6) is -0.409. The van der Waals surface area contributed by atoms with Crippen molar-refractivity contribution in [2.24, 2.45) is 5.73 Å². The number of nitrogens with one attached hydrogen (secondary N) is 2. The largest absolute Gasteiger partial charge is 0.354 e. The SMILES string of the molecule is CCCCCCCC(=O)Nc1ccccc1C(C)C(=O)NCCN. The summed E-state index contributed by atoms with van der Waals surface area (Å²) in [7, 11) is 0. The molecule has 0 aliphatic heterocycles. The van der Waals surface area contributed by atoms with Crippen molar-refractivity contribution in [2.75, 3.05) is 18.4 Å². The van der Waals surface area contributed by atoms with Crippen LogP contribution < -0.4 is 16.4 Å². The lowest BCUT2D eigenvalue weighted by Gasteiger charge is -2.17. The molecule has 0 saturated carbocycles. The van der Waals surface area contributed by atoms with Crippen LogP contribution in [0.15, 0.2) is 24.3 Å². The van der Waals surface area contributed by atoms with Gasteiger partial charge in [-0.15, -0.1) is 0 Å². The van der Waals surface area contributed by atoms with Gasteiger partial charge in [0, 0.05) is 25.2 Å². The normalized spacial score (nSPS) is 11.8. The predicted molar refractivity (Wildman–Crippen MR) is 98.9 cm³/mol. The fourth-order valence-corrected chi connectivity index (χ4v) is 2.58. The molecule has 1 atom stereocenters. The fourth-order valence-electron chi connectivity index (χ4n) is 2.58. The summed E-state index contributed by atoms with van der Waals surface area (Å²) >= 11 is 0. The van der Waals surface area contributed by atoms with E-state index in [0.717, 1.165) is 18.4 Å². The Labute approximate surface area is 145 Å². The van der Waals surface area contributed by atoms with Crippen LogP contribution in [-0.2, 0) is 9.59 Å². The first kappa shape index (κ1) is 20.2. The third-order valence-electron chi connectivity index (χ3n) is 4.05. The lowest BCUT2D eigenvalue weighted by atomic mass is 9.98. The van der Waals surface area contributed by atoms with Gasteiger partial charge in [0.25, 0.3) is 0 Å². The number of benzene rings is 1. The van der Waals surface area contributed by atoms with Crippen molar-refractivity contribution in [3.05, 3.63) is 29.8 Å². The Morgan fingerprint density at radius 1 is 1.12 bits per heavy atom. The van der Waals surface area contributed by atoms with E-state index in [1.807, 2.05) is 31.2 Å². The van der Waals surface area contributed by atoms with Gasteiger partial charge in [-0.3, -0.25) is 9.59 Å². The van der Waals surface area contributed by atoms with Gasteiger partial charge >= 0.3 is 0 Å². The fraction of sp³-hybridized carbons (Fsp3) is 0.579. The van der Waals surface area contributed by atoms with Crippen molar-refractivity contribution in [2.45, 2.75) is 58.3 Å². The van der Waals surface area contributed by atoms with Crippen LogP contribution in [0.1, 0.15) is 63.9 Å². The molecule has 5 heteroatoms. The molecule has 0 spiro atoms. The Kier molecular flexibility index (Phi) is 9.77. The maximum atomic E-state index is 12.1. The van der Waals surface area contributed by atoms with Gasteiger partial charge < -0.3 is 16.4 Å². The molecule has 1 unspecified atom stereocenters. The third kappa shape index (κ3) is 7.13. The molecule has 0 radical (unpaired) electrons. The van der Waals surface area contributed by atoms with Crippen molar-refractivity contribution in [1.29, 1.82) is 0 Å². The summed E-state index contributed by atoms with van der Waals surface area (Å²) in [4.78, 5) is 24.3. The van der Waals surface area contributed by atoms with E-state index in [9.17, 15) is 9.59 Å². The smallest absolute Gasteiger partial charge is 0.227 e. The highest BCUT2D eigenvalue weighted by atomic mass is 16.2. The van der Waals surface area contributed by atoms with Gasteiger partial charge in [-0.1, -0.05) is 50.8 Å². The minimum absolute atomic E-state index is 0.00788. The molecule has 1 aromatic rings. The second kappa shape index (κ2) is 11.6. The Balaban J connectivity index is 2.59. The van der Waals surface area contributed by atoms with Crippen molar-refractivity contribution >= 4 is 17.5 Å². The summed E-state index contributed by atoms with van der Waals surface area (Å²) in [5, 5.41) is 5.74. The van der Waals surface area contributed by atoms with Gasteiger partial charge in [-0.2, -0.15) is 0 Å². The quantitative estimate of drug-likeness (QED) is 0.544. The van der Waals surface area contributed by atoms with Crippen molar-refractivity contribution in [3.63, 3.8) is 0 Å². The van der Waals surface area contributed by atoms with Crippen molar-refractivity contribution in [1.82, 2.24) is 5.32 Å². The molecule has 5 nitrogen and oxygen atoms in total. The van der Waals surface area contributed by atoms with Gasteiger partial charge in [0.05, 0.1) is 5.92 Å². The molecule has 0 fully saturated rings. The number of carbonyl (C=O) groups is 2. The number of nitrogens with two attached hydrogens (primary N) is 1. The third-order valence-corrected chi connectivity index (χ3v) is 4.05. The van der Waals surface area contributed by atoms with Gasteiger partial charge in [-0.05, 0) is 25.0 Å². The van der Waals surface area contributed by atoms with Crippen LogP contribution in [-0.4, -0.2) is 24.9 Å². The Hall–Kier alpha value is -1.88. The topological polar surface area (TPSA) is 84.2 Å². The Morgan fingerprint density at radius 2 is 1.83 bits per heavy atom. The Morgan fingerprint density at radius 3 is 2.54 bits per heavy atom. The number of para-hydroxylation sites is 1. The standard InChI is InChI=1S/C19H31N3O2/c1-3-4-5-6-7-12-18(23)22-17-11-9-8-10-16(17)15(2)19(24)21-14-13-20/h8-11,15H,3-7,12-14,20H2,1-2H3,(H,21,24)(H,22,23). The van der Waals surface area contributed by atoms with Crippen molar-refractivity contribution in [3.8, 4) is 0 Å². The highest BCUT2D eigenvalue weighted by Gasteiger charge is 2.18. The highest BCUT2D eigenvalue weighted by molar-refractivity contribution is 5.93. The summed E-state index contributed by atoms with van der Waals surface area (Å²) in [6, 6.07) is 7.47. The van der Waals surface area contributed by atoms with E-state index < -0.39 is 0 Å². The van der Waals surface area contributed by atoms with E-state index in [2.05, 4.69) is 17.6 Å². The first-order valence-electron chi connectivity index (χ1n) is 8.96. The average Bonchev–Trinajstić information content (AvgIpc) is 2.59. The lowest BCUT2D eigenvalue weighted by molar-refractivity contribution is -0.122. The van der Waals surface area contributed by atoms with Crippen LogP contribution in [0.5, 0.6) is 0 Å². The zero-order chi connectivity index (χ0) is 17.8. The molecule has 0 heterocycles. The van der Waals surface area contributed by atoms with E-state index in [1.54, 1.807) is 0 Å². The molecule has 0 aliphatic rings. The van der Waals surface area contributed by atoms with Gasteiger partial charge in [0.15, 0.2) is 0 Å². The van der Waals surface area contributed by atoms with Crippen molar-refractivity contribution < 1.29 is 9.59 Å². The monoisotopic (exact) mass is 333 g/mol. The second-order valence-electron chi connectivity index (χ2n) is 6.10. The molecule has 24 heavy (non-hydrogen) atoms. The molecule has 2 amide bonds. The maximum Gasteiger partial charge on any atom is 0.227 e. The van der Waals surface area contributed by atoms with Gasteiger partial charge in [-0.25, -0.2) is 0 Å². The average molecular weight is 333 g/mol. The number of rotatable bonds is 11. The van der Waals surface area contributed by atoms with Crippen LogP contribution in [0.2, 0.25) is 0 Å². The summed E-state index contributed by atoms with van der Waals surface area (Å²) in [5.41, 5.74) is 6.96. The zero-order valence-electron chi connectivity index (χ0n) is 14.9. The molecule has 0 aromatic heterocycles. The molecule has 0 bridgehead atoms. The van der Waals surface area contributed by atoms with E-state index in [0.29, 0.717) is 25.2 Å². The molecule has 0 saturated heterocycles. The molecular weight excluding hydrogens is 302 g/mol. The first-order valence-corrected chi connectivity index (χ1v) is 8.96. The highest BCUT2D eigenvalue weighted by Crippen LogP contribution is 2.24. The number of carbonyl (C=O) groups excluding carboxylic acids is 2. The number of unbranched alkanes of at least 4 members (excludes halogenated alkanes) is 4. The number of amides is 2. The predicted octanol–water partition coefficient (Wildman–Crippen LogP) is 3.16. The molecule has 1 aromatic carbocycles. The first-order chi connectivity index (χ1) is 11.6. The van der Waals surface area contributed by atoms with E-state index in [1.165, 1.54) is 19.3 Å². The van der Waals surface area contributed by atoms with Crippen LogP contribution in [0.4, 0.5) is 5.69 Å². The van der Waals surface area contributed by atoms with E-state index in [4.69, 9.17) is 5.73 Å². The summed E-state index contributed by atoms with van der Waals surface area (Å²) < 4.78 is 0. The van der Waals surface area contributed by atoms with Crippen LogP contribution in [0.25, 0.3) is 0 Å². The number of hydrogen-bond donors (Lipinski definition) is 3. The van der Waals surface area contributed by atoms with Crippen LogP contribution in [0.3, 0.4) is 0 Å². The van der Waals surface area contributed by atoms with Gasteiger partial charge in [0.2, 0.25) is 11.8 Å². The molecule has 0 aliphatic carbocycles. The summed E-state index contributed by atoms with van der Waals surface area (Å²) in [6.07, 6.45) is 6.11. The Bertz CT molecular complexity index is 517. The molecular formula is C19H31N3O2. The van der Waals surface area contributed by atoms with Gasteiger partial charge in [0.1, 0.15) is 0 Å². The number of hydrogen-bond acceptors (Lipinski definition) is 3. The molecule has 134 valence electrons. The minimum atomic E-state index is -0.336. The number of anilines is 1. The molecule has 4 N–H and O–H groups in total. The van der Waals surface area contributed by atoms with Crippen LogP contribution >= 0.6 is 0 Å². The van der Waals surface area contributed by atoms with E-state index in [-0.39, 0.29) is 17.7 Å². The van der Waals surface area contributed by atoms with E-state index >= 15 is 0 Å². The summed E-state index contributed by atoms with van der Waals surface area (Å²) in [6.45, 7) is 4.88.